The average Bonchev–Trinajstić information content (AvgIpc) is 2.77. The second-order valence-corrected chi connectivity index (χ2v) is 10.3. The van der Waals surface area contributed by atoms with Crippen molar-refractivity contribution in [2.75, 3.05) is 29.6 Å². The summed E-state index contributed by atoms with van der Waals surface area (Å²) in [6.45, 7) is 1.87. The van der Waals surface area contributed by atoms with E-state index in [1.54, 1.807) is 6.07 Å². The fraction of sp³-hybridized carbons (Fsp3) is 0.533. The van der Waals surface area contributed by atoms with E-state index in [1.165, 1.54) is 0 Å². The molecule has 1 aliphatic rings. The first-order valence-electron chi connectivity index (χ1n) is 7.60. The first-order chi connectivity index (χ1) is 11.1. The predicted molar refractivity (Wildman–Crippen MR) is 93.0 cm³/mol. The van der Waals surface area contributed by atoms with E-state index in [9.17, 15) is 21.6 Å². The summed E-state index contributed by atoms with van der Waals surface area (Å²) in [7, 11) is -6.78. The largest absolute Gasteiger partial charge is 0.326 e. The van der Waals surface area contributed by atoms with Crippen LogP contribution < -0.4 is 5.32 Å². The number of amides is 1. The number of aryl methyl sites for hydroxylation is 1. The molecule has 1 fully saturated rings. The normalized spacial score (nSPS) is 20.2. The third-order valence-electron chi connectivity index (χ3n) is 3.90. The van der Waals surface area contributed by atoms with Gasteiger partial charge in [-0.25, -0.2) is 16.8 Å². The van der Waals surface area contributed by atoms with Crippen molar-refractivity contribution in [3.05, 3.63) is 29.8 Å². The molecule has 134 valence electrons. The van der Waals surface area contributed by atoms with Crippen LogP contribution in [0.5, 0.6) is 0 Å². The van der Waals surface area contributed by atoms with Crippen LogP contribution in [-0.4, -0.2) is 57.4 Å². The number of anilines is 1. The lowest BCUT2D eigenvalue weighted by molar-refractivity contribution is -0.116. The van der Waals surface area contributed by atoms with Gasteiger partial charge in [0, 0.05) is 24.7 Å². The molecule has 0 aliphatic carbocycles. The highest BCUT2D eigenvalue weighted by molar-refractivity contribution is 7.92. The molecule has 2 rings (SSSR count). The predicted octanol–water partition coefficient (Wildman–Crippen LogP) is 0.772. The Bertz CT molecular complexity index is 818. The van der Waals surface area contributed by atoms with Gasteiger partial charge in [0.1, 0.15) is 0 Å². The molecule has 0 saturated carbocycles. The van der Waals surface area contributed by atoms with Crippen LogP contribution in [0.25, 0.3) is 0 Å². The molecule has 1 amide bonds. The van der Waals surface area contributed by atoms with Gasteiger partial charge in [-0.3, -0.25) is 4.79 Å². The number of nitrogens with zero attached hydrogens (tertiary/aromatic N) is 1. The minimum Gasteiger partial charge on any atom is -0.326 e. The molecule has 1 saturated heterocycles. The summed E-state index contributed by atoms with van der Waals surface area (Å²) in [5.74, 6) is -0.506. The average molecular weight is 374 g/mol. The highest BCUT2D eigenvalue weighted by atomic mass is 32.2. The Kier molecular flexibility index (Phi) is 5.67. The summed E-state index contributed by atoms with van der Waals surface area (Å²) in [4.78, 5) is 12.0. The number of hydrogen-bond acceptors (Lipinski definition) is 5. The van der Waals surface area contributed by atoms with Gasteiger partial charge in [0.15, 0.2) is 9.84 Å². The summed E-state index contributed by atoms with van der Waals surface area (Å²) in [6, 6.07) is 6.70. The number of carbonyl (C=O) groups is 1. The monoisotopic (exact) mass is 374 g/mol. The van der Waals surface area contributed by atoms with Crippen molar-refractivity contribution in [2.45, 2.75) is 25.8 Å². The van der Waals surface area contributed by atoms with E-state index in [1.807, 2.05) is 25.1 Å². The quantitative estimate of drug-likeness (QED) is 0.793. The second kappa shape index (κ2) is 7.20. The minimum absolute atomic E-state index is 0.0147. The number of carbonyl (C=O) groups excluding carboxylic acids is 1. The number of sulfonamides is 1. The van der Waals surface area contributed by atoms with E-state index in [0.717, 1.165) is 16.1 Å². The zero-order valence-corrected chi connectivity index (χ0v) is 15.4. The lowest BCUT2D eigenvalue weighted by atomic mass is 10.2. The molecule has 1 aromatic carbocycles. The smallest absolute Gasteiger partial charge is 0.225 e. The van der Waals surface area contributed by atoms with Gasteiger partial charge in [-0.05, 0) is 31.0 Å². The van der Waals surface area contributed by atoms with E-state index in [-0.39, 0.29) is 36.8 Å². The minimum atomic E-state index is -3.58. The third-order valence-corrected chi connectivity index (χ3v) is 6.99. The molecule has 0 bridgehead atoms. The lowest BCUT2D eigenvalue weighted by Crippen LogP contribution is -2.42. The molecule has 1 heterocycles. The van der Waals surface area contributed by atoms with Crippen LogP contribution in [0.1, 0.15) is 18.4 Å². The molecule has 1 aliphatic heterocycles. The topological polar surface area (TPSA) is 101 Å². The van der Waals surface area contributed by atoms with Crippen LogP contribution in [-0.2, 0) is 24.7 Å². The highest BCUT2D eigenvalue weighted by Crippen LogP contribution is 2.20. The van der Waals surface area contributed by atoms with Crippen LogP contribution in [0.3, 0.4) is 0 Å². The van der Waals surface area contributed by atoms with Gasteiger partial charge in [-0.2, -0.15) is 4.31 Å². The van der Waals surface area contributed by atoms with Crippen LogP contribution >= 0.6 is 0 Å². The van der Waals surface area contributed by atoms with Crippen molar-refractivity contribution in [3.8, 4) is 0 Å². The maximum Gasteiger partial charge on any atom is 0.225 e. The van der Waals surface area contributed by atoms with Gasteiger partial charge in [0.05, 0.1) is 17.8 Å². The Hall–Kier alpha value is -1.45. The van der Waals surface area contributed by atoms with Gasteiger partial charge in [-0.1, -0.05) is 12.1 Å². The number of rotatable bonds is 6. The lowest BCUT2D eigenvalue weighted by Gasteiger charge is -2.25. The standard InChI is InChI=1S/C15H22N2O5S2/c1-12-4-3-5-13(10-12)16-15(18)6-8-17(23(2,19)20)14-7-9-24(21,22)11-14/h3-5,10,14H,6-9,11H2,1-2H3,(H,16,18). The van der Waals surface area contributed by atoms with Gasteiger partial charge in [0.2, 0.25) is 15.9 Å². The van der Waals surface area contributed by atoms with Crippen molar-refractivity contribution in [1.29, 1.82) is 0 Å². The van der Waals surface area contributed by atoms with E-state index in [4.69, 9.17) is 0 Å². The van der Waals surface area contributed by atoms with Crippen molar-refractivity contribution in [1.82, 2.24) is 4.31 Å². The first-order valence-corrected chi connectivity index (χ1v) is 11.3. The summed E-state index contributed by atoms with van der Waals surface area (Å²) < 4.78 is 48.2. The third kappa shape index (κ3) is 5.29. The maximum atomic E-state index is 12.0. The fourth-order valence-corrected chi connectivity index (χ4v) is 5.75. The first kappa shape index (κ1) is 18.9. The van der Waals surface area contributed by atoms with Gasteiger partial charge in [-0.15, -0.1) is 0 Å². The van der Waals surface area contributed by atoms with Crippen molar-refractivity contribution < 1.29 is 21.6 Å². The summed E-state index contributed by atoms with van der Waals surface area (Å²) >= 11 is 0. The Morgan fingerprint density at radius 3 is 2.62 bits per heavy atom. The van der Waals surface area contributed by atoms with E-state index in [2.05, 4.69) is 5.32 Å². The van der Waals surface area contributed by atoms with Crippen molar-refractivity contribution in [2.24, 2.45) is 0 Å². The fourth-order valence-electron chi connectivity index (χ4n) is 2.78. The van der Waals surface area contributed by atoms with Crippen LogP contribution in [0, 0.1) is 6.92 Å². The molecular weight excluding hydrogens is 352 g/mol. The number of hydrogen-bond donors (Lipinski definition) is 1. The van der Waals surface area contributed by atoms with Gasteiger partial charge < -0.3 is 5.32 Å². The Balaban J connectivity index is 1.99. The van der Waals surface area contributed by atoms with E-state index < -0.39 is 25.9 Å². The van der Waals surface area contributed by atoms with Crippen LogP contribution in [0.2, 0.25) is 0 Å². The van der Waals surface area contributed by atoms with Crippen LogP contribution in [0.15, 0.2) is 24.3 Å². The Morgan fingerprint density at radius 2 is 2.08 bits per heavy atom. The number of sulfone groups is 1. The molecule has 1 N–H and O–H groups in total. The molecule has 0 aromatic heterocycles. The van der Waals surface area contributed by atoms with Crippen molar-refractivity contribution >= 4 is 31.5 Å². The number of benzene rings is 1. The maximum absolute atomic E-state index is 12.0. The zero-order valence-electron chi connectivity index (χ0n) is 13.7. The Labute approximate surface area is 143 Å². The summed E-state index contributed by atoms with van der Waals surface area (Å²) in [5.41, 5.74) is 1.65. The molecule has 0 radical (unpaired) electrons. The van der Waals surface area contributed by atoms with Crippen molar-refractivity contribution in [3.63, 3.8) is 0 Å². The molecule has 24 heavy (non-hydrogen) atoms. The molecular formula is C15H22N2O5S2. The molecule has 1 aromatic rings. The van der Waals surface area contributed by atoms with Crippen LogP contribution in [0.4, 0.5) is 5.69 Å². The SMILES string of the molecule is Cc1cccc(NC(=O)CCN(C2CCS(=O)(=O)C2)S(C)(=O)=O)c1. The molecule has 1 atom stereocenters. The van der Waals surface area contributed by atoms with Gasteiger partial charge in [0.25, 0.3) is 0 Å². The second-order valence-electron chi connectivity index (χ2n) is 6.10. The van der Waals surface area contributed by atoms with E-state index in [0.29, 0.717) is 5.69 Å². The zero-order chi connectivity index (χ0) is 18.0. The van der Waals surface area contributed by atoms with E-state index >= 15 is 0 Å². The highest BCUT2D eigenvalue weighted by Gasteiger charge is 2.36. The summed E-state index contributed by atoms with van der Waals surface area (Å²) in [5, 5.41) is 2.72. The summed E-state index contributed by atoms with van der Waals surface area (Å²) in [6.07, 6.45) is 1.28. The molecule has 1 unspecified atom stereocenters. The number of nitrogens with one attached hydrogen (secondary N) is 1. The molecule has 9 heteroatoms. The van der Waals surface area contributed by atoms with Gasteiger partial charge >= 0.3 is 0 Å². The molecule has 7 nitrogen and oxygen atoms in total. The molecule has 0 spiro atoms. The Morgan fingerprint density at radius 1 is 1.38 bits per heavy atom.